The molecular weight excluding hydrogens is 262 g/mol. The molecule has 0 fully saturated rings. The molecule has 0 heterocycles. The third-order valence-corrected chi connectivity index (χ3v) is 3.42. The highest BCUT2D eigenvalue weighted by atomic mass is 16.5. The second kappa shape index (κ2) is 6.93. The molecule has 0 spiro atoms. The fourth-order valence-electron chi connectivity index (χ4n) is 2.01. The van der Waals surface area contributed by atoms with Crippen molar-refractivity contribution in [3.05, 3.63) is 65.2 Å². The van der Waals surface area contributed by atoms with Crippen LogP contribution in [-0.4, -0.2) is 12.0 Å². The van der Waals surface area contributed by atoms with Crippen molar-refractivity contribution in [3.63, 3.8) is 0 Å². The first kappa shape index (κ1) is 15.1. The van der Waals surface area contributed by atoms with Gasteiger partial charge in [-0.15, -0.1) is 0 Å². The number of carbonyl (C=O) groups excluding carboxylic acids is 1. The molecule has 110 valence electrons. The number of hydrogen-bond donors (Lipinski definition) is 1. The highest BCUT2D eigenvalue weighted by Crippen LogP contribution is 2.13. The van der Waals surface area contributed by atoms with Crippen LogP contribution in [0.5, 0.6) is 5.75 Å². The van der Waals surface area contributed by atoms with Crippen LogP contribution in [0.1, 0.15) is 23.6 Å². The zero-order chi connectivity index (χ0) is 15.2. The molecule has 2 aromatic carbocycles. The zero-order valence-corrected chi connectivity index (χ0v) is 12.7. The lowest BCUT2D eigenvalue weighted by molar-refractivity contribution is -0.127. The molecule has 0 radical (unpaired) electrons. The van der Waals surface area contributed by atoms with Crippen LogP contribution in [0.15, 0.2) is 48.5 Å². The quantitative estimate of drug-likeness (QED) is 0.913. The maximum Gasteiger partial charge on any atom is 0.261 e. The van der Waals surface area contributed by atoms with Crippen molar-refractivity contribution < 1.29 is 9.53 Å². The van der Waals surface area contributed by atoms with E-state index >= 15 is 0 Å². The molecule has 3 nitrogen and oxygen atoms in total. The Bertz CT molecular complexity index is 605. The molecule has 2 rings (SSSR count). The first-order valence-corrected chi connectivity index (χ1v) is 7.12. The average Bonchev–Trinajstić information content (AvgIpc) is 2.48. The summed E-state index contributed by atoms with van der Waals surface area (Å²) >= 11 is 0. The maximum atomic E-state index is 12.1. The van der Waals surface area contributed by atoms with E-state index in [2.05, 4.69) is 5.32 Å². The molecule has 21 heavy (non-hydrogen) atoms. The maximum absolute atomic E-state index is 12.1. The van der Waals surface area contributed by atoms with E-state index < -0.39 is 6.10 Å². The average molecular weight is 283 g/mol. The minimum atomic E-state index is -0.517. The van der Waals surface area contributed by atoms with Gasteiger partial charge in [-0.1, -0.05) is 42.0 Å². The van der Waals surface area contributed by atoms with Gasteiger partial charge in [0.15, 0.2) is 6.10 Å². The van der Waals surface area contributed by atoms with E-state index in [1.54, 1.807) is 6.92 Å². The van der Waals surface area contributed by atoms with Crippen LogP contribution in [0.4, 0.5) is 0 Å². The summed E-state index contributed by atoms with van der Waals surface area (Å²) < 4.78 is 5.64. The summed E-state index contributed by atoms with van der Waals surface area (Å²) in [6.07, 6.45) is -0.517. The van der Waals surface area contributed by atoms with Crippen molar-refractivity contribution in [1.29, 1.82) is 0 Å². The predicted octanol–water partition coefficient (Wildman–Crippen LogP) is 3.39. The molecule has 1 amide bonds. The molecule has 0 aliphatic rings. The Morgan fingerprint density at radius 3 is 2.43 bits per heavy atom. The molecule has 1 atom stereocenters. The molecule has 0 saturated heterocycles. The number of carbonyl (C=O) groups is 1. The summed E-state index contributed by atoms with van der Waals surface area (Å²) in [5.41, 5.74) is 3.46. The Labute approximate surface area is 126 Å². The first-order chi connectivity index (χ1) is 10.1. The third kappa shape index (κ3) is 4.35. The lowest BCUT2D eigenvalue weighted by Crippen LogP contribution is -2.36. The fraction of sp³-hybridized carbons (Fsp3) is 0.278. The number of aryl methyl sites for hydroxylation is 2. The summed E-state index contributed by atoms with van der Waals surface area (Å²) in [5, 5.41) is 2.91. The van der Waals surface area contributed by atoms with E-state index in [0.717, 1.165) is 5.56 Å². The van der Waals surface area contributed by atoms with Crippen molar-refractivity contribution in [3.8, 4) is 5.75 Å². The van der Waals surface area contributed by atoms with Gasteiger partial charge in [0.05, 0.1) is 0 Å². The van der Waals surface area contributed by atoms with E-state index in [4.69, 9.17) is 4.74 Å². The highest BCUT2D eigenvalue weighted by Gasteiger charge is 2.14. The second-order valence-corrected chi connectivity index (χ2v) is 5.22. The van der Waals surface area contributed by atoms with Gasteiger partial charge in [0.1, 0.15) is 5.75 Å². The first-order valence-electron chi connectivity index (χ1n) is 7.12. The van der Waals surface area contributed by atoms with Crippen molar-refractivity contribution in [2.75, 3.05) is 0 Å². The number of hydrogen-bond acceptors (Lipinski definition) is 2. The van der Waals surface area contributed by atoms with Crippen molar-refractivity contribution in [2.24, 2.45) is 0 Å². The number of nitrogens with one attached hydrogen (secondary N) is 1. The lowest BCUT2D eigenvalue weighted by atomic mass is 10.1. The summed E-state index contributed by atoms with van der Waals surface area (Å²) in [4.78, 5) is 12.1. The van der Waals surface area contributed by atoms with Crippen LogP contribution < -0.4 is 10.1 Å². The van der Waals surface area contributed by atoms with E-state index in [0.29, 0.717) is 12.3 Å². The minimum Gasteiger partial charge on any atom is -0.481 e. The number of rotatable bonds is 5. The van der Waals surface area contributed by atoms with Gasteiger partial charge < -0.3 is 10.1 Å². The van der Waals surface area contributed by atoms with Gasteiger partial charge in [-0.3, -0.25) is 4.79 Å². The van der Waals surface area contributed by atoms with E-state index in [-0.39, 0.29) is 5.91 Å². The fourth-order valence-corrected chi connectivity index (χ4v) is 2.01. The Morgan fingerprint density at radius 2 is 1.76 bits per heavy atom. The molecule has 0 unspecified atom stereocenters. The normalized spacial score (nSPS) is 11.8. The molecule has 2 aromatic rings. The third-order valence-electron chi connectivity index (χ3n) is 3.42. The van der Waals surface area contributed by atoms with Gasteiger partial charge in [0.2, 0.25) is 0 Å². The van der Waals surface area contributed by atoms with Crippen LogP contribution in [0, 0.1) is 13.8 Å². The van der Waals surface area contributed by atoms with Crippen molar-refractivity contribution >= 4 is 5.91 Å². The van der Waals surface area contributed by atoms with Crippen molar-refractivity contribution in [2.45, 2.75) is 33.4 Å². The molecule has 0 aliphatic heterocycles. The summed E-state index contributed by atoms with van der Waals surface area (Å²) in [7, 11) is 0. The second-order valence-electron chi connectivity index (χ2n) is 5.22. The van der Waals surface area contributed by atoms with Crippen LogP contribution in [-0.2, 0) is 11.3 Å². The SMILES string of the molecule is Cc1ccc(O[C@@H](C)C(=O)NCc2ccccc2C)cc1. The monoisotopic (exact) mass is 283 g/mol. The Kier molecular flexibility index (Phi) is 4.99. The molecule has 0 bridgehead atoms. The van der Waals surface area contributed by atoms with Crippen molar-refractivity contribution in [1.82, 2.24) is 5.32 Å². The van der Waals surface area contributed by atoms with Gasteiger partial charge >= 0.3 is 0 Å². The molecule has 0 aromatic heterocycles. The van der Waals surface area contributed by atoms with Gasteiger partial charge in [-0.05, 0) is 44.0 Å². The summed E-state index contributed by atoms with van der Waals surface area (Å²) in [6.45, 7) is 6.33. The van der Waals surface area contributed by atoms with E-state index in [1.165, 1.54) is 11.1 Å². The Hall–Kier alpha value is -2.29. The summed E-state index contributed by atoms with van der Waals surface area (Å²) in [5.74, 6) is 0.595. The zero-order valence-electron chi connectivity index (χ0n) is 12.7. The van der Waals surface area contributed by atoms with Crippen LogP contribution in [0.2, 0.25) is 0 Å². The van der Waals surface area contributed by atoms with Crippen LogP contribution in [0.25, 0.3) is 0 Å². The van der Waals surface area contributed by atoms with E-state index in [1.807, 2.05) is 62.4 Å². The molecule has 1 N–H and O–H groups in total. The smallest absolute Gasteiger partial charge is 0.261 e. The molecule has 0 aliphatic carbocycles. The Balaban J connectivity index is 1.88. The molecular formula is C18H21NO2. The highest BCUT2D eigenvalue weighted by molar-refractivity contribution is 5.80. The molecule has 0 saturated carbocycles. The van der Waals surface area contributed by atoms with Gasteiger partial charge in [-0.2, -0.15) is 0 Å². The standard InChI is InChI=1S/C18H21NO2/c1-13-8-10-17(11-9-13)21-15(3)18(20)19-12-16-7-5-4-6-14(16)2/h4-11,15H,12H2,1-3H3,(H,19,20)/t15-/m0/s1. The molecule has 3 heteroatoms. The largest absolute Gasteiger partial charge is 0.481 e. The van der Waals surface area contributed by atoms with Crippen LogP contribution >= 0.6 is 0 Å². The summed E-state index contributed by atoms with van der Waals surface area (Å²) in [6, 6.07) is 15.7. The van der Waals surface area contributed by atoms with Gasteiger partial charge in [-0.25, -0.2) is 0 Å². The van der Waals surface area contributed by atoms with E-state index in [9.17, 15) is 4.79 Å². The lowest BCUT2D eigenvalue weighted by Gasteiger charge is -2.15. The van der Waals surface area contributed by atoms with Crippen LogP contribution in [0.3, 0.4) is 0 Å². The van der Waals surface area contributed by atoms with Gasteiger partial charge in [0, 0.05) is 6.54 Å². The predicted molar refractivity (Wildman–Crippen MR) is 84.3 cm³/mol. The number of ether oxygens (including phenoxy) is 1. The topological polar surface area (TPSA) is 38.3 Å². The number of benzene rings is 2. The minimum absolute atomic E-state index is 0.112. The number of amides is 1. The Morgan fingerprint density at radius 1 is 1.10 bits per heavy atom. The van der Waals surface area contributed by atoms with Gasteiger partial charge in [0.25, 0.3) is 5.91 Å².